The van der Waals surface area contributed by atoms with Gasteiger partial charge in [0.1, 0.15) is 24.1 Å². The zero-order valence-electron chi connectivity index (χ0n) is 17.6. The number of H-pyrrole nitrogens is 1. The molecule has 7 nitrogen and oxygen atoms in total. The van der Waals surface area contributed by atoms with Crippen molar-refractivity contribution in [3.8, 4) is 23.1 Å². The molecule has 0 atom stereocenters. The summed E-state index contributed by atoms with van der Waals surface area (Å²) < 4.78 is 32.4. The lowest BCUT2D eigenvalue weighted by Crippen LogP contribution is -2.16. The minimum absolute atomic E-state index is 0.0227. The first-order chi connectivity index (χ1) is 16.5. The number of nitrogens with one attached hydrogen (secondary N) is 2. The van der Waals surface area contributed by atoms with E-state index in [0.29, 0.717) is 16.7 Å². The van der Waals surface area contributed by atoms with Gasteiger partial charge in [0.05, 0.1) is 11.9 Å². The SMILES string of the molecule is N#Cc1c(-c2ccccc2)nc(NN=Cc2ccccc2COc2ccc(F)cc2F)[nH]c1=O. The van der Waals surface area contributed by atoms with E-state index in [0.717, 1.165) is 12.1 Å². The van der Waals surface area contributed by atoms with Gasteiger partial charge in [-0.15, -0.1) is 0 Å². The Balaban J connectivity index is 1.53. The number of benzene rings is 3. The van der Waals surface area contributed by atoms with Crippen LogP contribution in [-0.2, 0) is 6.61 Å². The van der Waals surface area contributed by atoms with Crippen molar-refractivity contribution in [3.63, 3.8) is 0 Å². The van der Waals surface area contributed by atoms with Crippen LogP contribution in [0.2, 0.25) is 0 Å². The second-order valence-electron chi connectivity index (χ2n) is 7.05. The third-order valence-corrected chi connectivity index (χ3v) is 4.78. The molecule has 9 heteroatoms. The molecule has 4 rings (SSSR count). The van der Waals surface area contributed by atoms with Gasteiger partial charge in [-0.05, 0) is 17.7 Å². The summed E-state index contributed by atoms with van der Waals surface area (Å²) in [7, 11) is 0. The maximum Gasteiger partial charge on any atom is 0.270 e. The van der Waals surface area contributed by atoms with Crippen molar-refractivity contribution < 1.29 is 13.5 Å². The molecule has 3 aromatic carbocycles. The van der Waals surface area contributed by atoms with Crippen molar-refractivity contribution in [2.24, 2.45) is 5.10 Å². The molecule has 1 heterocycles. The second-order valence-corrected chi connectivity index (χ2v) is 7.05. The van der Waals surface area contributed by atoms with E-state index in [9.17, 15) is 18.8 Å². The molecule has 2 N–H and O–H groups in total. The van der Waals surface area contributed by atoms with Crippen molar-refractivity contribution in [2.45, 2.75) is 6.61 Å². The molecular weight excluding hydrogens is 440 g/mol. The molecule has 0 fully saturated rings. The zero-order chi connectivity index (χ0) is 23.9. The molecule has 34 heavy (non-hydrogen) atoms. The van der Waals surface area contributed by atoms with E-state index in [2.05, 4.69) is 20.5 Å². The fourth-order valence-corrected chi connectivity index (χ4v) is 3.14. The van der Waals surface area contributed by atoms with Crippen LogP contribution in [0.25, 0.3) is 11.3 Å². The minimum atomic E-state index is -0.794. The Kier molecular flexibility index (Phi) is 6.70. The number of hydrazone groups is 1. The van der Waals surface area contributed by atoms with Crippen LogP contribution in [0, 0.1) is 23.0 Å². The number of anilines is 1. The summed E-state index contributed by atoms with van der Waals surface area (Å²) in [6.07, 6.45) is 1.49. The van der Waals surface area contributed by atoms with Crippen LogP contribution in [0.1, 0.15) is 16.7 Å². The van der Waals surface area contributed by atoms with Crippen LogP contribution in [0.15, 0.2) is 82.7 Å². The van der Waals surface area contributed by atoms with Crippen LogP contribution in [0.4, 0.5) is 14.7 Å². The van der Waals surface area contributed by atoms with E-state index in [4.69, 9.17) is 4.74 Å². The summed E-state index contributed by atoms with van der Waals surface area (Å²) in [5.41, 5.74) is 4.18. The van der Waals surface area contributed by atoms with Crippen molar-refractivity contribution in [3.05, 3.63) is 111 Å². The quantitative estimate of drug-likeness (QED) is 0.312. The predicted octanol–water partition coefficient (Wildman–Crippen LogP) is 4.61. The molecular formula is C25H17F2N5O2. The van der Waals surface area contributed by atoms with Gasteiger partial charge < -0.3 is 4.74 Å². The highest BCUT2D eigenvalue weighted by Crippen LogP contribution is 2.21. The summed E-state index contributed by atoms with van der Waals surface area (Å²) in [6.45, 7) is 0.0227. The maximum absolute atomic E-state index is 13.8. The van der Waals surface area contributed by atoms with Crippen molar-refractivity contribution >= 4 is 12.2 Å². The van der Waals surface area contributed by atoms with Gasteiger partial charge in [0.15, 0.2) is 11.6 Å². The van der Waals surface area contributed by atoms with Crippen LogP contribution < -0.4 is 15.7 Å². The van der Waals surface area contributed by atoms with Crippen LogP contribution in [0.3, 0.4) is 0 Å². The molecule has 0 bridgehead atoms. The summed E-state index contributed by atoms with van der Waals surface area (Å²) in [5, 5.41) is 13.5. The van der Waals surface area contributed by atoms with E-state index in [1.54, 1.807) is 48.5 Å². The monoisotopic (exact) mass is 457 g/mol. The molecule has 0 radical (unpaired) electrons. The number of ether oxygens (including phenoxy) is 1. The predicted molar refractivity (Wildman–Crippen MR) is 123 cm³/mol. The number of aromatic amines is 1. The first-order valence-corrected chi connectivity index (χ1v) is 10.1. The van der Waals surface area contributed by atoms with Crippen LogP contribution in [-0.4, -0.2) is 16.2 Å². The van der Waals surface area contributed by atoms with Gasteiger partial charge in [-0.1, -0.05) is 54.6 Å². The molecule has 4 aromatic rings. The summed E-state index contributed by atoms with van der Waals surface area (Å²) in [6, 6.07) is 21.0. The lowest BCUT2D eigenvalue weighted by atomic mass is 10.1. The van der Waals surface area contributed by atoms with Crippen molar-refractivity contribution in [1.82, 2.24) is 9.97 Å². The normalized spacial score (nSPS) is 10.7. The summed E-state index contributed by atoms with van der Waals surface area (Å²) in [4.78, 5) is 19.1. The van der Waals surface area contributed by atoms with E-state index in [-0.39, 0.29) is 29.6 Å². The average Bonchev–Trinajstić information content (AvgIpc) is 2.84. The fraction of sp³-hybridized carbons (Fsp3) is 0.0400. The molecule has 1 aromatic heterocycles. The summed E-state index contributed by atoms with van der Waals surface area (Å²) >= 11 is 0. The highest BCUT2D eigenvalue weighted by molar-refractivity contribution is 5.82. The molecule has 0 spiro atoms. The van der Waals surface area contributed by atoms with Gasteiger partial charge in [0.25, 0.3) is 5.56 Å². The number of hydrogen-bond donors (Lipinski definition) is 2. The maximum atomic E-state index is 13.8. The Bertz CT molecular complexity index is 1450. The molecule has 0 saturated heterocycles. The Hall–Kier alpha value is -4.84. The number of nitrogens with zero attached hydrogens (tertiary/aromatic N) is 3. The third-order valence-electron chi connectivity index (χ3n) is 4.78. The molecule has 168 valence electrons. The molecule has 0 saturated carbocycles. The Morgan fingerprint density at radius 3 is 2.62 bits per heavy atom. The Morgan fingerprint density at radius 2 is 1.85 bits per heavy atom. The molecule has 0 aliphatic heterocycles. The lowest BCUT2D eigenvalue weighted by Gasteiger charge is -2.09. The second kappa shape index (κ2) is 10.2. The number of hydrogen-bond acceptors (Lipinski definition) is 6. The topological polar surface area (TPSA) is 103 Å². The van der Waals surface area contributed by atoms with Crippen LogP contribution in [0.5, 0.6) is 5.75 Å². The van der Waals surface area contributed by atoms with Gasteiger partial charge >= 0.3 is 0 Å². The highest BCUT2D eigenvalue weighted by Gasteiger charge is 2.13. The van der Waals surface area contributed by atoms with Gasteiger partial charge in [-0.25, -0.2) is 19.2 Å². The van der Waals surface area contributed by atoms with Crippen molar-refractivity contribution in [2.75, 3.05) is 5.43 Å². The first-order valence-electron chi connectivity index (χ1n) is 10.1. The third kappa shape index (κ3) is 5.14. The minimum Gasteiger partial charge on any atom is -0.486 e. The molecule has 0 aliphatic rings. The van der Waals surface area contributed by atoms with Gasteiger partial charge in [0, 0.05) is 17.2 Å². The highest BCUT2D eigenvalue weighted by atomic mass is 19.1. The smallest absolute Gasteiger partial charge is 0.270 e. The van der Waals surface area contributed by atoms with E-state index in [1.165, 1.54) is 12.3 Å². The number of nitriles is 1. The average molecular weight is 457 g/mol. The zero-order valence-corrected chi connectivity index (χ0v) is 17.6. The Labute approximate surface area is 193 Å². The Morgan fingerprint density at radius 1 is 1.09 bits per heavy atom. The molecule has 0 aliphatic carbocycles. The van der Waals surface area contributed by atoms with E-state index in [1.807, 2.05) is 12.1 Å². The van der Waals surface area contributed by atoms with Crippen LogP contribution >= 0.6 is 0 Å². The van der Waals surface area contributed by atoms with E-state index >= 15 is 0 Å². The number of aromatic nitrogens is 2. The number of rotatable bonds is 7. The van der Waals surface area contributed by atoms with Gasteiger partial charge in [0.2, 0.25) is 5.95 Å². The number of halogens is 2. The summed E-state index contributed by atoms with van der Waals surface area (Å²) in [5.74, 6) is -1.49. The fourth-order valence-electron chi connectivity index (χ4n) is 3.14. The van der Waals surface area contributed by atoms with Gasteiger partial charge in [-0.2, -0.15) is 10.4 Å². The van der Waals surface area contributed by atoms with Gasteiger partial charge in [-0.3, -0.25) is 9.78 Å². The molecule has 0 amide bonds. The largest absolute Gasteiger partial charge is 0.486 e. The lowest BCUT2D eigenvalue weighted by molar-refractivity contribution is 0.289. The first kappa shape index (κ1) is 22.4. The van der Waals surface area contributed by atoms with E-state index < -0.39 is 17.2 Å². The van der Waals surface area contributed by atoms with Crippen molar-refractivity contribution in [1.29, 1.82) is 5.26 Å². The standard InChI is InChI=1S/C25H17F2N5O2/c26-19-10-11-22(21(27)12-19)34-15-18-9-5-4-8-17(18)14-29-32-25-30-23(16-6-2-1-3-7-16)20(13-28)24(33)31-25/h1-12,14H,15H2,(H2,30,31,32,33). The molecule has 0 unspecified atom stereocenters.